The van der Waals surface area contributed by atoms with Gasteiger partial charge in [0.1, 0.15) is 0 Å². The molecule has 32 heavy (non-hydrogen) atoms. The highest BCUT2D eigenvalue weighted by atomic mass is 16.7. The Balaban J connectivity index is 2.81. The number of hydrogen-bond donors (Lipinski definition) is 0. The molecular formula is C12H4N8O12. The van der Waals surface area contributed by atoms with Gasteiger partial charge >= 0.3 is 34.1 Å². The van der Waals surface area contributed by atoms with Gasteiger partial charge in [0.2, 0.25) is 0 Å². The normalized spacial score (nSPS) is 10.6. The van der Waals surface area contributed by atoms with Gasteiger partial charge in [-0.3, -0.25) is 60.7 Å². The number of hydrogen-bond acceptors (Lipinski definition) is 14. The van der Waals surface area contributed by atoms with Crippen molar-refractivity contribution in [2.24, 2.45) is 10.2 Å². The summed E-state index contributed by atoms with van der Waals surface area (Å²) < 4.78 is 0. The van der Waals surface area contributed by atoms with E-state index in [1.807, 2.05) is 0 Å². The number of nitro groups is 6. The van der Waals surface area contributed by atoms with Gasteiger partial charge in [0.05, 0.1) is 29.5 Å². The van der Waals surface area contributed by atoms with Gasteiger partial charge in [0.25, 0.3) is 0 Å². The second-order valence-corrected chi connectivity index (χ2v) is 5.34. The van der Waals surface area contributed by atoms with Crippen molar-refractivity contribution in [3.8, 4) is 0 Å². The van der Waals surface area contributed by atoms with E-state index in [9.17, 15) is 60.7 Å². The molecule has 0 heterocycles. The van der Waals surface area contributed by atoms with Crippen LogP contribution in [-0.4, -0.2) is 29.5 Å². The van der Waals surface area contributed by atoms with Gasteiger partial charge in [0, 0.05) is 12.1 Å². The highest BCUT2D eigenvalue weighted by Crippen LogP contribution is 2.46. The highest BCUT2D eigenvalue weighted by Gasteiger charge is 2.41. The molecule has 0 aliphatic rings. The molecule has 0 aliphatic carbocycles. The second kappa shape index (κ2) is 8.44. The summed E-state index contributed by atoms with van der Waals surface area (Å²) in [4.78, 5) is 58.5. The average molecular weight is 452 g/mol. The van der Waals surface area contributed by atoms with Crippen molar-refractivity contribution < 1.29 is 29.5 Å². The number of nitrogens with zero attached hydrogens (tertiary/aromatic N) is 8. The standard InChI is InChI=1S/C12H4N8O12/c21-15(22)7-3-1-5(9(17(25)26)11(7)19(29)30)13-14-6-2-4-8(16(23)24)12(20(31)32)10(6)18(27)28/h1-4H/b14-13+. The quantitative estimate of drug-likeness (QED) is 0.315. The van der Waals surface area contributed by atoms with Crippen molar-refractivity contribution in [1.82, 2.24) is 0 Å². The first kappa shape index (κ1) is 22.7. The minimum absolute atomic E-state index is 0.492. The van der Waals surface area contributed by atoms with Gasteiger partial charge in [-0.15, -0.1) is 10.2 Å². The lowest BCUT2D eigenvalue weighted by molar-refractivity contribution is -0.440. The van der Waals surface area contributed by atoms with Crippen molar-refractivity contribution >= 4 is 45.5 Å². The van der Waals surface area contributed by atoms with Crippen LogP contribution in [0.5, 0.6) is 0 Å². The first-order chi connectivity index (χ1) is 14.9. The van der Waals surface area contributed by atoms with E-state index in [-0.39, 0.29) is 0 Å². The maximum Gasteiger partial charge on any atom is 0.424 e. The summed E-state index contributed by atoms with van der Waals surface area (Å²) in [6.45, 7) is 0. The first-order valence-electron chi connectivity index (χ1n) is 7.50. The third-order valence-corrected chi connectivity index (χ3v) is 3.61. The van der Waals surface area contributed by atoms with Crippen LogP contribution in [0.1, 0.15) is 0 Å². The molecule has 0 aromatic heterocycles. The molecule has 0 amide bonds. The lowest BCUT2D eigenvalue weighted by atomic mass is 10.2. The van der Waals surface area contributed by atoms with Crippen LogP contribution in [0.2, 0.25) is 0 Å². The molecule has 0 bridgehead atoms. The SMILES string of the molecule is O=[N+]([O-])c1ccc(/N=N/c2ccc([N+](=O)[O-])c([N+](=O)[O-])c2[N+](=O)[O-])c([N+](=O)[O-])c1[N+](=O)[O-]. The molecule has 2 aromatic carbocycles. The van der Waals surface area contributed by atoms with Gasteiger partial charge in [-0.25, -0.2) is 0 Å². The van der Waals surface area contributed by atoms with Crippen LogP contribution < -0.4 is 0 Å². The molecule has 0 fully saturated rings. The smallest absolute Gasteiger partial charge is 0.258 e. The van der Waals surface area contributed by atoms with Gasteiger partial charge in [-0.05, 0) is 12.1 Å². The average Bonchev–Trinajstić information content (AvgIpc) is 2.69. The summed E-state index contributed by atoms with van der Waals surface area (Å²) in [5.41, 5.74) is -10.5. The molecule has 0 saturated heterocycles. The summed E-state index contributed by atoms with van der Waals surface area (Å²) in [5, 5.41) is 73.1. The van der Waals surface area contributed by atoms with E-state index in [2.05, 4.69) is 10.2 Å². The van der Waals surface area contributed by atoms with E-state index >= 15 is 0 Å². The topological polar surface area (TPSA) is 284 Å². The predicted octanol–water partition coefficient (Wildman–Crippen LogP) is 3.55. The Morgan fingerprint density at radius 2 is 0.719 bits per heavy atom. The fourth-order valence-corrected chi connectivity index (χ4v) is 2.40. The Morgan fingerprint density at radius 1 is 0.438 bits per heavy atom. The third-order valence-electron chi connectivity index (χ3n) is 3.61. The largest absolute Gasteiger partial charge is 0.424 e. The number of azo groups is 1. The monoisotopic (exact) mass is 452 g/mol. The van der Waals surface area contributed by atoms with Crippen molar-refractivity contribution in [3.05, 3.63) is 85.0 Å². The fraction of sp³-hybridized carbons (Fsp3) is 0. The van der Waals surface area contributed by atoms with Crippen LogP contribution in [0.4, 0.5) is 45.5 Å². The number of rotatable bonds is 8. The van der Waals surface area contributed by atoms with Gasteiger partial charge in [0.15, 0.2) is 11.4 Å². The molecule has 2 rings (SSSR count). The van der Waals surface area contributed by atoms with Crippen LogP contribution in [-0.2, 0) is 0 Å². The lowest BCUT2D eigenvalue weighted by Crippen LogP contribution is -2.02. The molecule has 20 heteroatoms. The maximum atomic E-state index is 11.3. The molecule has 2 aromatic rings. The molecule has 0 atom stereocenters. The zero-order valence-electron chi connectivity index (χ0n) is 14.8. The molecule has 0 saturated carbocycles. The van der Waals surface area contributed by atoms with Gasteiger partial charge in [-0.1, -0.05) is 0 Å². The lowest BCUT2D eigenvalue weighted by Gasteiger charge is -2.01. The molecule has 0 radical (unpaired) electrons. The van der Waals surface area contributed by atoms with Crippen LogP contribution in [0.3, 0.4) is 0 Å². The van der Waals surface area contributed by atoms with E-state index < -0.39 is 75.0 Å². The molecule has 0 spiro atoms. The first-order valence-corrected chi connectivity index (χ1v) is 7.50. The van der Waals surface area contributed by atoms with E-state index in [0.717, 1.165) is 0 Å². The van der Waals surface area contributed by atoms with E-state index in [0.29, 0.717) is 24.3 Å². The summed E-state index contributed by atoms with van der Waals surface area (Å²) in [6, 6.07) is 2.15. The van der Waals surface area contributed by atoms with Crippen molar-refractivity contribution in [2.45, 2.75) is 0 Å². The van der Waals surface area contributed by atoms with Gasteiger partial charge in [-0.2, -0.15) is 0 Å². The Kier molecular flexibility index (Phi) is 5.99. The maximum absolute atomic E-state index is 11.3. The van der Waals surface area contributed by atoms with E-state index in [4.69, 9.17) is 0 Å². The minimum atomic E-state index is -1.55. The summed E-state index contributed by atoms with van der Waals surface area (Å²) in [5.74, 6) is 0. The Bertz CT molecular complexity index is 1160. The number of nitro benzene ring substituents is 6. The van der Waals surface area contributed by atoms with Crippen LogP contribution in [0.25, 0.3) is 0 Å². The Hall–Kier alpha value is -5.56. The van der Waals surface area contributed by atoms with Crippen LogP contribution in [0, 0.1) is 60.7 Å². The van der Waals surface area contributed by atoms with Crippen LogP contribution in [0.15, 0.2) is 34.5 Å². The summed E-state index contributed by atoms with van der Waals surface area (Å²) in [7, 11) is 0. The zero-order chi connectivity index (χ0) is 24.3. The minimum Gasteiger partial charge on any atom is -0.258 e. The third kappa shape index (κ3) is 4.07. The van der Waals surface area contributed by atoms with Crippen molar-refractivity contribution in [1.29, 1.82) is 0 Å². The molecule has 164 valence electrons. The second-order valence-electron chi connectivity index (χ2n) is 5.34. The van der Waals surface area contributed by atoms with Crippen LogP contribution >= 0.6 is 0 Å². The van der Waals surface area contributed by atoms with Crippen molar-refractivity contribution in [3.63, 3.8) is 0 Å². The molecule has 0 aliphatic heterocycles. The molecule has 20 nitrogen and oxygen atoms in total. The zero-order valence-corrected chi connectivity index (χ0v) is 14.8. The molecule has 0 unspecified atom stereocenters. The van der Waals surface area contributed by atoms with E-state index in [1.165, 1.54) is 0 Å². The van der Waals surface area contributed by atoms with Crippen molar-refractivity contribution in [2.75, 3.05) is 0 Å². The summed E-state index contributed by atoms with van der Waals surface area (Å²) >= 11 is 0. The summed E-state index contributed by atoms with van der Waals surface area (Å²) in [6.07, 6.45) is 0. The van der Waals surface area contributed by atoms with Gasteiger partial charge < -0.3 is 0 Å². The number of benzene rings is 2. The molecular weight excluding hydrogens is 448 g/mol. The Morgan fingerprint density at radius 3 is 0.938 bits per heavy atom. The van der Waals surface area contributed by atoms with E-state index in [1.54, 1.807) is 0 Å². The Labute approximate surface area is 171 Å². The predicted molar refractivity (Wildman–Crippen MR) is 97.0 cm³/mol. The molecule has 0 N–H and O–H groups in total. The highest BCUT2D eigenvalue weighted by molar-refractivity contribution is 5.78. The fourth-order valence-electron chi connectivity index (χ4n) is 2.40.